The fraction of sp³-hybridized carbons (Fsp3) is 0.538. The smallest absolute Gasteiger partial charge is 0.326 e. The lowest BCUT2D eigenvalue weighted by molar-refractivity contribution is -0.141. The van der Waals surface area contributed by atoms with E-state index in [0.29, 0.717) is 0 Å². The van der Waals surface area contributed by atoms with Gasteiger partial charge in [0.2, 0.25) is 0 Å². The van der Waals surface area contributed by atoms with Crippen LogP contribution in [0.5, 0.6) is 0 Å². The first-order valence-electron chi connectivity index (χ1n) is 6.51. The van der Waals surface area contributed by atoms with Gasteiger partial charge in [-0.3, -0.25) is 4.79 Å². The summed E-state index contributed by atoms with van der Waals surface area (Å²) in [6.07, 6.45) is 2.60. The predicted octanol–water partition coefficient (Wildman–Crippen LogP) is 0.902. The fourth-order valence-electron chi connectivity index (χ4n) is 2.09. The molecule has 1 aliphatic rings. The highest BCUT2D eigenvalue weighted by Crippen LogP contribution is 2.30. The summed E-state index contributed by atoms with van der Waals surface area (Å²) in [5, 5.41) is 9.08. The molecule has 1 N–H and O–H groups in total. The third-order valence-electron chi connectivity index (χ3n) is 3.23. The summed E-state index contributed by atoms with van der Waals surface area (Å²) in [5.41, 5.74) is 0. The zero-order valence-electron chi connectivity index (χ0n) is 11.8. The predicted molar refractivity (Wildman–Crippen MR) is 73.5 cm³/mol. The molecule has 21 heavy (non-hydrogen) atoms. The SMILES string of the molecule is CC(C(=O)O)N(C(=O)c1ccc(CS(C)(=O)=O)o1)C1CC1. The molecule has 1 atom stereocenters. The number of carbonyl (C=O) groups is 2. The topological polar surface area (TPSA) is 105 Å². The van der Waals surface area contributed by atoms with Crippen LogP contribution in [-0.4, -0.2) is 48.6 Å². The molecule has 0 aliphatic heterocycles. The van der Waals surface area contributed by atoms with Crippen molar-refractivity contribution in [3.8, 4) is 0 Å². The summed E-state index contributed by atoms with van der Waals surface area (Å²) in [4.78, 5) is 24.8. The number of carboxylic acid groups (broad SMARTS) is 1. The molecule has 1 heterocycles. The largest absolute Gasteiger partial charge is 0.480 e. The third-order valence-corrected chi connectivity index (χ3v) is 4.04. The van der Waals surface area contributed by atoms with E-state index in [1.807, 2.05) is 0 Å². The second-order valence-electron chi connectivity index (χ2n) is 5.29. The molecule has 1 aliphatic carbocycles. The van der Waals surface area contributed by atoms with Gasteiger partial charge >= 0.3 is 5.97 Å². The Bertz CT molecular complexity index is 658. The Balaban J connectivity index is 2.20. The van der Waals surface area contributed by atoms with E-state index in [1.165, 1.54) is 24.0 Å². The van der Waals surface area contributed by atoms with Crippen molar-refractivity contribution in [2.75, 3.05) is 6.26 Å². The first-order chi connectivity index (χ1) is 9.69. The van der Waals surface area contributed by atoms with Crippen molar-refractivity contribution in [2.24, 2.45) is 0 Å². The standard InChI is InChI=1S/C13H17NO6S/c1-8(13(16)17)14(9-3-4-9)12(15)11-6-5-10(20-11)7-21(2,18)19/h5-6,8-9H,3-4,7H2,1-2H3,(H,16,17). The Morgan fingerprint density at radius 1 is 1.43 bits per heavy atom. The number of aliphatic carboxylic acids is 1. The van der Waals surface area contributed by atoms with E-state index in [-0.39, 0.29) is 23.3 Å². The molecule has 1 aromatic rings. The summed E-state index contributed by atoms with van der Waals surface area (Å²) in [6, 6.07) is 1.76. The second-order valence-corrected chi connectivity index (χ2v) is 7.43. The summed E-state index contributed by atoms with van der Waals surface area (Å²) >= 11 is 0. The van der Waals surface area contributed by atoms with E-state index in [2.05, 4.69) is 0 Å². The van der Waals surface area contributed by atoms with Gasteiger partial charge in [-0.1, -0.05) is 0 Å². The minimum Gasteiger partial charge on any atom is -0.480 e. The molecule has 2 rings (SSSR count). The third kappa shape index (κ3) is 3.84. The maximum atomic E-state index is 12.4. The molecule has 1 fully saturated rings. The molecule has 0 bridgehead atoms. The van der Waals surface area contributed by atoms with Gasteiger partial charge in [-0.2, -0.15) is 0 Å². The van der Waals surface area contributed by atoms with Crippen LogP contribution in [0.4, 0.5) is 0 Å². The molecular formula is C13H17NO6S. The maximum absolute atomic E-state index is 12.4. The Hall–Kier alpha value is -1.83. The number of nitrogens with zero attached hydrogens (tertiary/aromatic N) is 1. The van der Waals surface area contributed by atoms with Crippen LogP contribution >= 0.6 is 0 Å². The summed E-state index contributed by atoms with van der Waals surface area (Å²) in [7, 11) is -3.26. The van der Waals surface area contributed by atoms with Gasteiger partial charge in [0.25, 0.3) is 5.91 Å². The molecule has 7 nitrogen and oxygen atoms in total. The van der Waals surface area contributed by atoms with Crippen LogP contribution in [-0.2, 0) is 20.4 Å². The van der Waals surface area contributed by atoms with Crippen LogP contribution < -0.4 is 0 Å². The number of carbonyl (C=O) groups excluding carboxylic acids is 1. The minimum absolute atomic E-state index is 0.0337. The zero-order chi connectivity index (χ0) is 15.8. The van der Waals surface area contributed by atoms with Crippen LogP contribution in [0, 0.1) is 0 Å². The van der Waals surface area contributed by atoms with Crippen molar-refractivity contribution in [1.82, 2.24) is 4.90 Å². The van der Waals surface area contributed by atoms with E-state index >= 15 is 0 Å². The Morgan fingerprint density at radius 3 is 2.52 bits per heavy atom. The van der Waals surface area contributed by atoms with E-state index in [4.69, 9.17) is 9.52 Å². The Kier molecular flexibility index (Phi) is 4.08. The normalized spacial score (nSPS) is 16.5. The minimum atomic E-state index is -3.26. The van der Waals surface area contributed by atoms with Crippen LogP contribution in [0.2, 0.25) is 0 Å². The lowest BCUT2D eigenvalue weighted by Crippen LogP contribution is -2.44. The summed E-state index contributed by atoms with van der Waals surface area (Å²) in [5.74, 6) is -1.77. The molecule has 0 spiro atoms. The van der Waals surface area contributed by atoms with Gasteiger partial charge < -0.3 is 14.4 Å². The van der Waals surface area contributed by atoms with Crippen molar-refractivity contribution in [3.05, 3.63) is 23.7 Å². The molecule has 1 amide bonds. The van der Waals surface area contributed by atoms with Crippen molar-refractivity contribution < 1.29 is 27.5 Å². The van der Waals surface area contributed by atoms with Gasteiger partial charge in [-0.05, 0) is 31.9 Å². The summed E-state index contributed by atoms with van der Waals surface area (Å²) in [6.45, 7) is 1.44. The molecule has 8 heteroatoms. The quantitative estimate of drug-likeness (QED) is 0.836. The van der Waals surface area contributed by atoms with Gasteiger partial charge in [0.05, 0.1) is 0 Å². The molecule has 0 aromatic carbocycles. The highest BCUT2D eigenvalue weighted by Gasteiger charge is 2.39. The molecule has 1 unspecified atom stereocenters. The highest BCUT2D eigenvalue weighted by atomic mass is 32.2. The first-order valence-corrected chi connectivity index (χ1v) is 8.57. The van der Waals surface area contributed by atoms with E-state index in [9.17, 15) is 18.0 Å². The van der Waals surface area contributed by atoms with Gasteiger partial charge in [0.15, 0.2) is 15.6 Å². The van der Waals surface area contributed by atoms with Crippen LogP contribution in [0.15, 0.2) is 16.5 Å². The number of carboxylic acids is 1. The second kappa shape index (κ2) is 5.51. The van der Waals surface area contributed by atoms with Gasteiger partial charge in [-0.25, -0.2) is 13.2 Å². The average Bonchev–Trinajstić information content (AvgIpc) is 3.07. The van der Waals surface area contributed by atoms with E-state index in [0.717, 1.165) is 19.1 Å². The fourth-order valence-corrected chi connectivity index (χ4v) is 2.76. The van der Waals surface area contributed by atoms with E-state index in [1.54, 1.807) is 0 Å². The number of sulfone groups is 1. The number of amides is 1. The zero-order valence-corrected chi connectivity index (χ0v) is 12.6. The number of rotatable bonds is 6. The highest BCUT2D eigenvalue weighted by molar-refractivity contribution is 7.89. The number of hydrogen-bond acceptors (Lipinski definition) is 5. The van der Waals surface area contributed by atoms with Crippen LogP contribution in [0.1, 0.15) is 36.1 Å². The van der Waals surface area contributed by atoms with Crippen LogP contribution in [0.25, 0.3) is 0 Å². The Morgan fingerprint density at radius 2 is 2.05 bits per heavy atom. The van der Waals surface area contributed by atoms with Crippen molar-refractivity contribution in [2.45, 2.75) is 37.6 Å². The molecular weight excluding hydrogens is 298 g/mol. The van der Waals surface area contributed by atoms with Crippen molar-refractivity contribution >= 4 is 21.7 Å². The number of hydrogen-bond donors (Lipinski definition) is 1. The van der Waals surface area contributed by atoms with Crippen LogP contribution in [0.3, 0.4) is 0 Å². The van der Waals surface area contributed by atoms with Crippen molar-refractivity contribution in [3.63, 3.8) is 0 Å². The van der Waals surface area contributed by atoms with Gasteiger partial charge in [0.1, 0.15) is 17.6 Å². The number of furan rings is 1. The molecule has 1 saturated carbocycles. The molecule has 1 aromatic heterocycles. The van der Waals surface area contributed by atoms with E-state index < -0.39 is 27.8 Å². The maximum Gasteiger partial charge on any atom is 0.326 e. The Labute approximate surface area is 122 Å². The summed E-state index contributed by atoms with van der Waals surface area (Å²) < 4.78 is 27.6. The monoisotopic (exact) mass is 315 g/mol. The lowest BCUT2D eigenvalue weighted by Gasteiger charge is -2.25. The van der Waals surface area contributed by atoms with Gasteiger partial charge in [-0.15, -0.1) is 0 Å². The lowest BCUT2D eigenvalue weighted by atomic mass is 10.2. The molecule has 0 saturated heterocycles. The van der Waals surface area contributed by atoms with Crippen molar-refractivity contribution in [1.29, 1.82) is 0 Å². The molecule has 0 radical (unpaired) electrons. The first kappa shape index (κ1) is 15.6. The average molecular weight is 315 g/mol. The van der Waals surface area contributed by atoms with Gasteiger partial charge in [0, 0.05) is 12.3 Å². The molecule has 116 valence electrons.